The zero-order valence-corrected chi connectivity index (χ0v) is 13.0. The molecular formula is C15H18ClNO4. The van der Waals surface area contributed by atoms with Crippen LogP contribution in [0.25, 0.3) is 0 Å². The predicted octanol–water partition coefficient (Wildman–Crippen LogP) is 3.32. The fraction of sp³-hybridized carbons (Fsp3) is 0.467. The zero-order chi connectivity index (χ0) is 16.0. The molecule has 0 aliphatic heterocycles. The van der Waals surface area contributed by atoms with Crippen LogP contribution in [-0.2, 0) is 20.7 Å². The Balaban J connectivity index is 2.63. The molecule has 0 heterocycles. The molecule has 0 bridgehead atoms. The number of benzene rings is 1. The molecule has 1 aromatic rings. The quantitative estimate of drug-likeness (QED) is 0.459. The van der Waals surface area contributed by atoms with Gasteiger partial charge >= 0.3 is 5.97 Å². The van der Waals surface area contributed by atoms with Crippen LogP contribution in [0.15, 0.2) is 29.4 Å². The molecule has 0 aliphatic rings. The Kier molecular flexibility index (Phi) is 6.03. The smallest absolute Gasteiger partial charge is 0.342 e. The molecule has 0 aliphatic carbocycles. The maximum atomic E-state index is 11.9. The number of carbonyl (C=O) groups is 2. The van der Waals surface area contributed by atoms with E-state index in [9.17, 15) is 14.5 Å². The standard InChI is InChI=1S/C15H18ClNO4/c1-15(2,3)21-14(19)13(17-20)12(18)8-7-10-5-4-6-11(16)9-10/h4-6,9,13H,7-8H2,1-3H3. The summed E-state index contributed by atoms with van der Waals surface area (Å²) in [6.07, 6.45) is 0.407. The lowest BCUT2D eigenvalue weighted by Crippen LogP contribution is -2.35. The maximum Gasteiger partial charge on any atom is 0.342 e. The summed E-state index contributed by atoms with van der Waals surface area (Å²) in [5, 5.41) is 3.17. The minimum absolute atomic E-state index is 0.0238. The number of nitroso groups, excluding NO2 is 1. The van der Waals surface area contributed by atoms with E-state index in [2.05, 4.69) is 5.18 Å². The maximum absolute atomic E-state index is 11.9. The van der Waals surface area contributed by atoms with Crippen LogP contribution in [0, 0.1) is 4.91 Å². The number of ether oxygens (including phenoxy) is 1. The van der Waals surface area contributed by atoms with Crippen LogP contribution in [0.4, 0.5) is 0 Å². The fourth-order valence-corrected chi connectivity index (χ4v) is 1.90. The van der Waals surface area contributed by atoms with Gasteiger partial charge in [0.2, 0.25) is 6.04 Å². The van der Waals surface area contributed by atoms with Gasteiger partial charge in [0, 0.05) is 11.4 Å². The molecule has 1 aromatic carbocycles. The van der Waals surface area contributed by atoms with Crippen molar-refractivity contribution < 1.29 is 14.3 Å². The predicted molar refractivity (Wildman–Crippen MR) is 80.2 cm³/mol. The third-order valence-corrected chi connectivity index (χ3v) is 2.82. The van der Waals surface area contributed by atoms with Gasteiger partial charge in [-0.15, -0.1) is 4.91 Å². The van der Waals surface area contributed by atoms with Gasteiger partial charge in [0.15, 0.2) is 5.78 Å². The lowest BCUT2D eigenvalue weighted by Gasteiger charge is -2.20. The highest BCUT2D eigenvalue weighted by molar-refractivity contribution is 6.30. The van der Waals surface area contributed by atoms with Crippen molar-refractivity contribution in [2.45, 2.75) is 45.3 Å². The summed E-state index contributed by atoms with van der Waals surface area (Å²) in [4.78, 5) is 34.4. The molecule has 21 heavy (non-hydrogen) atoms. The molecule has 6 heteroatoms. The topological polar surface area (TPSA) is 72.8 Å². The lowest BCUT2D eigenvalue weighted by molar-refractivity contribution is -0.158. The first kappa shape index (κ1) is 17.3. The summed E-state index contributed by atoms with van der Waals surface area (Å²) >= 11 is 5.85. The molecule has 1 rings (SSSR count). The normalized spacial score (nSPS) is 12.6. The molecule has 114 valence electrons. The van der Waals surface area contributed by atoms with E-state index < -0.39 is 23.4 Å². The van der Waals surface area contributed by atoms with E-state index in [0.717, 1.165) is 5.56 Å². The number of aryl methyl sites for hydroxylation is 1. The molecule has 0 saturated heterocycles. The number of hydrogen-bond acceptors (Lipinski definition) is 5. The molecule has 0 radical (unpaired) electrons. The van der Waals surface area contributed by atoms with Gasteiger partial charge in [-0.05, 0) is 50.1 Å². The summed E-state index contributed by atoms with van der Waals surface area (Å²) < 4.78 is 5.01. The van der Waals surface area contributed by atoms with Gasteiger partial charge in [-0.2, -0.15) is 0 Å². The van der Waals surface area contributed by atoms with Crippen molar-refractivity contribution in [3.05, 3.63) is 39.8 Å². The monoisotopic (exact) mass is 311 g/mol. The van der Waals surface area contributed by atoms with Gasteiger partial charge in [-0.3, -0.25) is 4.79 Å². The second kappa shape index (κ2) is 7.31. The summed E-state index contributed by atoms with van der Waals surface area (Å²) in [6, 6.07) is 5.43. The molecular weight excluding hydrogens is 294 g/mol. The lowest BCUT2D eigenvalue weighted by atomic mass is 10.0. The average Bonchev–Trinajstić information content (AvgIpc) is 2.35. The number of Topliss-reactive ketones (excluding diaryl/α,β-unsaturated/α-hetero) is 1. The number of carbonyl (C=O) groups excluding carboxylic acids is 2. The van der Waals surface area contributed by atoms with Crippen LogP contribution in [0.2, 0.25) is 5.02 Å². The van der Waals surface area contributed by atoms with Gasteiger partial charge in [0.25, 0.3) is 0 Å². The van der Waals surface area contributed by atoms with Gasteiger partial charge < -0.3 is 4.74 Å². The average molecular weight is 312 g/mol. The molecule has 0 aromatic heterocycles. The van der Waals surface area contributed by atoms with Crippen molar-refractivity contribution >= 4 is 23.4 Å². The third kappa shape index (κ3) is 6.04. The van der Waals surface area contributed by atoms with Crippen LogP contribution in [0.5, 0.6) is 0 Å². The first-order chi connectivity index (χ1) is 9.73. The van der Waals surface area contributed by atoms with Crippen LogP contribution in [-0.4, -0.2) is 23.4 Å². The molecule has 5 nitrogen and oxygen atoms in total. The first-order valence-corrected chi connectivity index (χ1v) is 6.93. The van der Waals surface area contributed by atoms with Crippen molar-refractivity contribution in [3.63, 3.8) is 0 Å². The summed E-state index contributed by atoms with van der Waals surface area (Å²) in [7, 11) is 0. The minimum Gasteiger partial charge on any atom is -0.458 e. The SMILES string of the molecule is CC(C)(C)OC(=O)C(N=O)C(=O)CCc1cccc(Cl)c1. The first-order valence-electron chi connectivity index (χ1n) is 6.55. The van der Waals surface area contributed by atoms with Crippen molar-refractivity contribution in [1.29, 1.82) is 0 Å². The van der Waals surface area contributed by atoms with Gasteiger partial charge in [-0.1, -0.05) is 23.7 Å². The van der Waals surface area contributed by atoms with Crippen molar-refractivity contribution in [1.82, 2.24) is 0 Å². The Morgan fingerprint density at radius 1 is 1.33 bits per heavy atom. The Bertz CT molecular complexity index is 537. The van der Waals surface area contributed by atoms with Crippen LogP contribution >= 0.6 is 11.6 Å². The number of rotatable bonds is 6. The van der Waals surface area contributed by atoms with Crippen LogP contribution in [0.1, 0.15) is 32.8 Å². The van der Waals surface area contributed by atoms with Crippen molar-refractivity contribution in [3.8, 4) is 0 Å². The number of halogens is 1. The Morgan fingerprint density at radius 3 is 2.52 bits per heavy atom. The highest BCUT2D eigenvalue weighted by atomic mass is 35.5. The molecule has 0 fully saturated rings. The van der Waals surface area contributed by atoms with E-state index in [4.69, 9.17) is 16.3 Å². The molecule has 0 spiro atoms. The minimum atomic E-state index is -1.61. The molecule has 0 amide bonds. The molecule has 1 atom stereocenters. The van der Waals surface area contributed by atoms with Gasteiger partial charge in [0.05, 0.1) is 0 Å². The van der Waals surface area contributed by atoms with Crippen LogP contribution < -0.4 is 0 Å². The van der Waals surface area contributed by atoms with Crippen LogP contribution in [0.3, 0.4) is 0 Å². The van der Waals surface area contributed by atoms with E-state index >= 15 is 0 Å². The second-order valence-electron chi connectivity index (χ2n) is 5.64. The Morgan fingerprint density at radius 2 is 2.00 bits per heavy atom. The summed E-state index contributed by atoms with van der Waals surface area (Å²) in [5.74, 6) is -1.46. The van der Waals surface area contributed by atoms with Gasteiger partial charge in [0.1, 0.15) is 5.60 Å². The number of hydrogen-bond donors (Lipinski definition) is 0. The molecule has 1 unspecified atom stereocenters. The van der Waals surface area contributed by atoms with E-state index in [-0.39, 0.29) is 6.42 Å². The molecule has 0 saturated carbocycles. The highest BCUT2D eigenvalue weighted by Gasteiger charge is 2.31. The zero-order valence-electron chi connectivity index (χ0n) is 12.3. The van der Waals surface area contributed by atoms with E-state index in [1.807, 2.05) is 6.07 Å². The number of esters is 1. The van der Waals surface area contributed by atoms with Crippen molar-refractivity contribution in [2.75, 3.05) is 0 Å². The van der Waals surface area contributed by atoms with E-state index in [1.54, 1.807) is 39.0 Å². The van der Waals surface area contributed by atoms with Crippen molar-refractivity contribution in [2.24, 2.45) is 5.18 Å². The Hall–Kier alpha value is -1.75. The van der Waals surface area contributed by atoms with Gasteiger partial charge in [-0.25, -0.2) is 4.79 Å². The second-order valence-corrected chi connectivity index (χ2v) is 6.07. The Labute approximate surface area is 128 Å². The van der Waals surface area contributed by atoms with E-state index in [0.29, 0.717) is 11.4 Å². The third-order valence-electron chi connectivity index (χ3n) is 2.59. The molecule has 0 N–H and O–H groups in total. The largest absolute Gasteiger partial charge is 0.458 e. The number of nitrogens with zero attached hydrogens (tertiary/aromatic N) is 1. The fourth-order valence-electron chi connectivity index (χ4n) is 1.69. The summed E-state index contributed by atoms with van der Waals surface area (Å²) in [6.45, 7) is 4.97. The summed E-state index contributed by atoms with van der Waals surface area (Å²) in [5.41, 5.74) is 0.0810. The highest BCUT2D eigenvalue weighted by Crippen LogP contribution is 2.15. The number of ketones is 1. The van der Waals surface area contributed by atoms with E-state index in [1.165, 1.54) is 0 Å².